The molecule has 0 radical (unpaired) electrons. The number of halogens is 4. The summed E-state index contributed by atoms with van der Waals surface area (Å²) >= 11 is 6.53. The molecule has 0 bridgehead atoms. The van der Waals surface area contributed by atoms with Gasteiger partial charge in [0.05, 0.1) is 17.2 Å². The van der Waals surface area contributed by atoms with Crippen LogP contribution in [0.3, 0.4) is 0 Å². The van der Waals surface area contributed by atoms with Crippen molar-refractivity contribution in [2.75, 3.05) is 18.0 Å². The summed E-state index contributed by atoms with van der Waals surface area (Å²) in [5.74, 6) is -2.66. The summed E-state index contributed by atoms with van der Waals surface area (Å²) in [6.07, 6.45) is 2.69. The zero-order chi connectivity index (χ0) is 30.1. The Hall–Kier alpha value is -4.22. The summed E-state index contributed by atoms with van der Waals surface area (Å²) < 4.78 is 50.8. The molecule has 0 spiro atoms. The van der Waals surface area contributed by atoms with E-state index in [9.17, 15) is 18.7 Å². The largest absolute Gasteiger partial charge is 0.507 e. The van der Waals surface area contributed by atoms with Gasteiger partial charge in [-0.3, -0.25) is 9.78 Å². The first-order valence-corrected chi connectivity index (χ1v) is 13.5. The third-order valence-electron chi connectivity index (χ3n) is 7.17. The van der Waals surface area contributed by atoms with Crippen LogP contribution in [0.2, 0.25) is 5.02 Å². The number of phenols is 1. The number of piperazine rings is 1. The van der Waals surface area contributed by atoms with Crippen LogP contribution in [-0.2, 0) is 22.7 Å². The fourth-order valence-corrected chi connectivity index (χ4v) is 5.39. The number of hydrogen-bond acceptors (Lipinski definition) is 7. The topological polar surface area (TPSA) is 91.7 Å². The molecule has 3 heterocycles. The van der Waals surface area contributed by atoms with Crippen molar-refractivity contribution in [2.24, 2.45) is 0 Å². The van der Waals surface area contributed by atoms with Crippen LogP contribution in [0, 0.1) is 17.5 Å². The fourth-order valence-electron chi connectivity index (χ4n) is 5.11. The number of benzene rings is 2. The van der Waals surface area contributed by atoms with E-state index in [1.165, 1.54) is 42.6 Å². The number of carbonyl (C=O) groups excluding carboxylic acids is 1. The third-order valence-corrected chi connectivity index (χ3v) is 7.47. The summed E-state index contributed by atoms with van der Waals surface area (Å²) in [6.45, 7) is 7.64. The van der Waals surface area contributed by atoms with Gasteiger partial charge in [0.15, 0.2) is 11.6 Å². The molecule has 1 aliphatic rings. The first kappa shape index (κ1) is 29.3. The Kier molecular flexibility index (Phi) is 8.33. The summed E-state index contributed by atoms with van der Waals surface area (Å²) in [5.41, 5.74) is -0.841. The molecule has 0 aliphatic carbocycles. The summed E-state index contributed by atoms with van der Waals surface area (Å²) in [6, 6.07) is 7.27. The minimum absolute atomic E-state index is 0.0724. The number of aromatic nitrogens is 3. The zero-order valence-electron chi connectivity index (χ0n) is 22.8. The number of pyridine rings is 1. The van der Waals surface area contributed by atoms with Crippen LogP contribution in [0.4, 0.5) is 19.0 Å². The molecule has 0 unspecified atom stereocenters. The summed E-state index contributed by atoms with van der Waals surface area (Å²) in [4.78, 5) is 29.0. The van der Waals surface area contributed by atoms with Gasteiger partial charge in [0.1, 0.15) is 41.0 Å². The van der Waals surface area contributed by atoms with E-state index in [-0.39, 0.29) is 64.2 Å². The maximum atomic E-state index is 16.3. The molecule has 0 saturated carbocycles. The van der Waals surface area contributed by atoms with Gasteiger partial charge >= 0.3 is 0 Å². The Labute approximate surface area is 245 Å². The lowest BCUT2D eigenvalue weighted by Gasteiger charge is -2.44. The molecule has 1 fully saturated rings. The number of ether oxygens (including phenoxy) is 1. The van der Waals surface area contributed by atoms with Gasteiger partial charge < -0.3 is 19.6 Å². The molecule has 5 rings (SSSR count). The van der Waals surface area contributed by atoms with Crippen LogP contribution < -0.4 is 4.90 Å². The van der Waals surface area contributed by atoms with E-state index < -0.39 is 28.8 Å². The second-order valence-corrected chi connectivity index (χ2v) is 10.4. The molecule has 1 amide bonds. The molecule has 8 nitrogen and oxygen atoms in total. The molecule has 42 heavy (non-hydrogen) atoms. The molecule has 4 aromatic rings. The number of fused-ring (bicyclic) bond motifs is 1. The lowest BCUT2D eigenvalue weighted by Crippen LogP contribution is -2.58. The zero-order valence-corrected chi connectivity index (χ0v) is 23.6. The van der Waals surface area contributed by atoms with Crippen LogP contribution in [-0.4, -0.2) is 56.0 Å². The highest BCUT2D eigenvalue weighted by Crippen LogP contribution is 2.42. The maximum absolute atomic E-state index is 16.3. The van der Waals surface area contributed by atoms with E-state index in [0.29, 0.717) is 18.9 Å². The van der Waals surface area contributed by atoms with Crippen LogP contribution in [0.1, 0.15) is 25.4 Å². The van der Waals surface area contributed by atoms with Crippen molar-refractivity contribution in [3.8, 4) is 16.9 Å². The smallest absolute Gasteiger partial charge is 0.246 e. The molecule has 2 aromatic carbocycles. The monoisotopic (exact) mass is 597 g/mol. The van der Waals surface area contributed by atoms with Crippen molar-refractivity contribution in [2.45, 2.75) is 39.1 Å². The van der Waals surface area contributed by atoms with E-state index in [0.717, 1.165) is 6.07 Å². The number of rotatable bonds is 7. The standard InChI is InChI=1S/C30H27ClF3N5O3/c1-4-25(41)38-12-17(3)39(13-16(38)2)30-18-11-19(31)26(27-21(33)7-5-9-23(27)40)28(34)29(18)36-24(37-30)15-42-14-22-20(32)8-6-10-35-22/h4-11,16-17,40H,1,12-15H2,2-3H3/t16-,17+/m1/s1. The van der Waals surface area contributed by atoms with Gasteiger partial charge in [0.25, 0.3) is 0 Å². The van der Waals surface area contributed by atoms with Gasteiger partial charge in [-0.05, 0) is 50.3 Å². The second-order valence-electron chi connectivity index (χ2n) is 10.0. The molecular weight excluding hydrogens is 571 g/mol. The van der Waals surface area contributed by atoms with Crippen molar-refractivity contribution in [1.82, 2.24) is 19.9 Å². The van der Waals surface area contributed by atoms with Crippen molar-refractivity contribution in [1.29, 1.82) is 0 Å². The highest BCUT2D eigenvalue weighted by Gasteiger charge is 2.34. The first-order chi connectivity index (χ1) is 20.1. The van der Waals surface area contributed by atoms with Crippen molar-refractivity contribution in [3.05, 3.63) is 89.2 Å². The Morgan fingerprint density at radius 1 is 1.10 bits per heavy atom. The lowest BCUT2D eigenvalue weighted by molar-refractivity contribution is -0.128. The van der Waals surface area contributed by atoms with Crippen LogP contribution >= 0.6 is 11.6 Å². The lowest BCUT2D eigenvalue weighted by atomic mass is 10.00. The number of carbonyl (C=O) groups is 1. The Bertz CT molecular complexity index is 1670. The van der Waals surface area contributed by atoms with E-state index in [2.05, 4.69) is 21.5 Å². The van der Waals surface area contributed by atoms with E-state index in [1.807, 2.05) is 18.7 Å². The van der Waals surface area contributed by atoms with E-state index >= 15 is 4.39 Å². The second kappa shape index (κ2) is 11.9. The van der Waals surface area contributed by atoms with Gasteiger partial charge in [-0.1, -0.05) is 24.2 Å². The number of amides is 1. The molecule has 1 saturated heterocycles. The maximum Gasteiger partial charge on any atom is 0.246 e. The van der Waals surface area contributed by atoms with Gasteiger partial charge in [-0.25, -0.2) is 23.1 Å². The van der Waals surface area contributed by atoms with Gasteiger partial charge in [-0.2, -0.15) is 0 Å². The number of aromatic hydroxyl groups is 1. The van der Waals surface area contributed by atoms with Gasteiger partial charge in [0, 0.05) is 42.3 Å². The van der Waals surface area contributed by atoms with Crippen LogP contribution in [0.25, 0.3) is 22.0 Å². The number of nitrogens with zero attached hydrogens (tertiary/aromatic N) is 5. The molecule has 12 heteroatoms. The van der Waals surface area contributed by atoms with Crippen LogP contribution in [0.5, 0.6) is 5.75 Å². The number of hydrogen-bond donors (Lipinski definition) is 1. The summed E-state index contributed by atoms with van der Waals surface area (Å²) in [5, 5.41) is 10.5. The van der Waals surface area contributed by atoms with E-state index in [4.69, 9.17) is 16.3 Å². The summed E-state index contributed by atoms with van der Waals surface area (Å²) in [7, 11) is 0. The minimum Gasteiger partial charge on any atom is -0.507 e. The third kappa shape index (κ3) is 5.49. The molecule has 2 aromatic heterocycles. The molecule has 1 N–H and O–H groups in total. The predicted molar refractivity (Wildman–Crippen MR) is 152 cm³/mol. The molecule has 1 aliphatic heterocycles. The Morgan fingerprint density at radius 3 is 2.57 bits per heavy atom. The average molecular weight is 598 g/mol. The normalized spacial score (nSPS) is 17.1. The molecular formula is C30H27ClF3N5O3. The minimum atomic E-state index is -0.959. The van der Waals surface area contributed by atoms with Crippen LogP contribution in [0.15, 0.2) is 55.3 Å². The van der Waals surface area contributed by atoms with Gasteiger partial charge in [-0.15, -0.1) is 0 Å². The SMILES string of the molecule is C=CC(=O)N1C[C@H](C)N(c2nc(COCc3ncccc3F)nc3c(F)c(-c4c(O)cccc4F)c(Cl)cc23)C[C@H]1C. The van der Waals surface area contributed by atoms with Crippen molar-refractivity contribution < 1.29 is 27.8 Å². The number of anilines is 1. The fraction of sp³-hybridized carbons (Fsp3) is 0.267. The Morgan fingerprint density at radius 2 is 1.86 bits per heavy atom. The van der Waals surface area contributed by atoms with Crippen molar-refractivity contribution >= 4 is 34.2 Å². The Balaban J connectivity index is 1.62. The highest BCUT2D eigenvalue weighted by atomic mass is 35.5. The molecule has 218 valence electrons. The first-order valence-electron chi connectivity index (χ1n) is 13.1. The predicted octanol–water partition coefficient (Wildman–Crippen LogP) is 5.80. The highest BCUT2D eigenvalue weighted by molar-refractivity contribution is 6.34. The molecule has 2 atom stereocenters. The quantitative estimate of drug-likeness (QED) is 0.269. The average Bonchev–Trinajstić information content (AvgIpc) is 2.96. The number of phenolic OH excluding ortho intramolecular Hbond substituents is 1. The van der Waals surface area contributed by atoms with E-state index in [1.54, 1.807) is 4.90 Å². The van der Waals surface area contributed by atoms with Crippen molar-refractivity contribution in [3.63, 3.8) is 0 Å². The van der Waals surface area contributed by atoms with Gasteiger partial charge in [0.2, 0.25) is 5.91 Å².